The van der Waals surface area contributed by atoms with Crippen molar-refractivity contribution in [1.82, 2.24) is 4.31 Å². The highest BCUT2D eigenvalue weighted by Crippen LogP contribution is 2.25. The van der Waals surface area contributed by atoms with Gasteiger partial charge in [0.25, 0.3) is 0 Å². The molecule has 1 heterocycles. The molecule has 0 spiro atoms. The normalized spacial score (nSPS) is 22.6. The van der Waals surface area contributed by atoms with Gasteiger partial charge in [-0.3, -0.25) is 0 Å². The quantitative estimate of drug-likeness (QED) is 0.853. The number of sulfonamides is 1. The van der Waals surface area contributed by atoms with Crippen molar-refractivity contribution in [2.75, 3.05) is 19.7 Å². The highest BCUT2D eigenvalue weighted by Gasteiger charge is 2.32. The van der Waals surface area contributed by atoms with E-state index in [-0.39, 0.29) is 23.5 Å². The van der Waals surface area contributed by atoms with Gasteiger partial charge < -0.3 is 10.8 Å². The number of nitrogens with zero attached hydrogens (tertiary/aromatic N) is 1. The Labute approximate surface area is 114 Å². The standard InChI is InChI=1S/C13H20N2O3S/c1-10(14)12-3-2-4-13(7-12)19(17,18)15-6-5-11(8-15)9-16/h2-4,7,10-11,16H,5-6,8-9,14H2,1H3. The molecule has 1 fully saturated rings. The van der Waals surface area contributed by atoms with Crippen LogP contribution >= 0.6 is 0 Å². The van der Waals surface area contributed by atoms with Gasteiger partial charge in [-0.05, 0) is 37.0 Å². The van der Waals surface area contributed by atoms with E-state index in [1.165, 1.54) is 4.31 Å². The third kappa shape index (κ3) is 2.97. The minimum Gasteiger partial charge on any atom is -0.396 e. The molecule has 0 aromatic heterocycles. The van der Waals surface area contributed by atoms with Crippen molar-refractivity contribution in [2.24, 2.45) is 11.7 Å². The third-order valence-electron chi connectivity index (χ3n) is 3.53. The molecule has 1 aliphatic rings. The predicted octanol–water partition coefficient (Wildman–Crippen LogP) is 0.709. The van der Waals surface area contributed by atoms with Crippen molar-refractivity contribution in [3.63, 3.8) is 0 Å². The summed E-state index contributed by atoms with van der Waals surface area (Å²) in [5, 5.41) is 9.10. The maximum absolute atomic E-state index is 12.5. The van der Waals surface area contributed by atoms with Crippen LogP contribution in [0.4, 0.5) is 0 Å². The van der Waals surface area contributed by atoms with Gasteiger partial charge in [0, 0.05) is 25.7 Å². The summed E-state index contributed by atoms with van der Waals surface area (Å²) in [6, 6.07) is 6.56. The van der Waals surface area contributed by atoms with E-state index in [2.05, 4.69) is 0 Å². The Morgan fingerprint density at radius 2 is 2.26 bits per heavy atom. The molecule has 3 N–H and O–H groups in total. The first-order chi connectivity index (χ1) is 8.95. The zero-order valence-corrected chi connectivity index (χ0v) is 11.8. The van der Waals surface area contributed by atoms with E-state index in [1.54, 1.807) is 18.2 Å². The van der Waals surface area contributed by atoms with Gasteiger partial charge in [0.1, 0.15) is 0 Å². The van der Waals surface area contributed by atoms with Gasteiger partial charge >= 0.3 is 0 Å². The molecular formula is C13H20N2O3S. The van der Waals surface area contributed by atoms with E-state index in [9.17, 15) is 8.42 Å². The fraction of sp³-hybridized carbons (Fsp3) is 0.538. The molecule has 1 aliphatic heterocycles. The second-order valence-corrected chi connectivity index (χ2v) is 7.00. The molecule has 0 radical (unpaired) electrons. The number of aliphatic hydroxyl groups excluding tert-OH is 1. The van der Waals surface area contributed by atoms with Crippen molar-refractivity contribution in [2.45, 2.75) is 24.3 Å². The lowest BCUT2D eigenvalue weighted by molar-refractivity contribution is 0.233. The fourth-order valence-corrected chi connectivity index (χ4v) is 3.86. The zero-order valence-electron chi connectivity index (χ0n) is 11.0. The molecule has 0 amide bonds. The predicted molar refractivity (Wildman–Crippen MR) is 73.0 cm³/mol. The lowest BCUT2D eigenvalue weighted by Gasteiger charge is -2.17. The van der Waals surface area contributed by atoms with Crippen LogP contribution in [-0.2, 0) is 10.0 Å². The van der Waals surface area contributed by atoms with Crippen LogP contribution in [0.3, 0.4) is 0 Å². The molecule has 19 heavy (non-hydrogen) atoms. The highest BCUT2D eigenvalue weighted by atomic mass is 32.2. The SMILES string of the molecule is CC(N)c1cccc(S(=O)(=O)N2CCC(CO)C2)c1. The van der Waals surface area contributed by atoms with Crippen molar-refractivity contribution >= 4 is 10.0 Å². The van der Waals surface area contributed by atoms with Crippen molar-refractivity contribution in [1.29, 1.82) is 0 Å². The first-order valence-corrected chi connectivity index (χ1v) is 7.85. The second-order valence-electron chi connectivity index (χ2n) is 5.06. The van der Waals surface area contributed by atoms with Crippen LogP contribution in [0.15, 0.2) is 29.2 Å². The van der Waals surface area contributed by atoms with E-state index in [0.29, 0.717) is 19.5 Å². The van der Waals surface area contributed by atoms with Gasteiger partial charge in [-0.1, -0.05) is 12.1 Å². The largest absolute Gasteiger partial charge is 0.396 e. The van der Waals surface area contributed by atoms with Gasteiger partial charge in [-0.15, -0.1) is 0 Å². The molecule has 5 nitrogen and oxygen atoms in total. The van der Waals surface area contributed by atoms with Gasteiger partial charge in [0.05, 0.1) is 4.90 Å². The molecule has 106 valence electrons. The Morgan fingerprint density at radius 1 is 1.53 bits per heavy atom. The smallest absolute Gasteiger partial charge is 0.243 e. The molecule has 1 aromatic rings. The van der Waals surface area contributed by atoms with Crippen LogP contribution in [0.2, 0.25) is 0 Å². The summed E-state index contributed by atoms with van der Waals surface area (Å²) in [5.41, 5.74) is 6.59. The number of hydrogen-bond donors (Lipinski definition) is 2. The van der Waals surface area contributed by atoms with Crippen LogP contribution in [0.25, 0.3) is 0 Å². The Hall–Kier alpha value is -0.950. The molecule has 1 saturated heterocycles. The number of hydrogen-bond acceptors (Lipinski definition) is 4. The number of benzene rings is 1. The summed E-state index contributed by atoms with van der Waals surface area (Å²) in [5.74, 6) is 0.0476. The summed E-state index contributed by atoms with van der Waals surface area (Å²) in [6.07, 6.45) is 0.711. The monoisotopic (exact) mass is 284 g/mol. The molecule has 1 aromatic carbocycles. The van der Waals surface area contributed by atoms with Crippen LogP contribution in [-0.4, -0.2) is 37.5 Å². The van der Waals surface area contributed by atoms with Crippen LogP contribution in [0.5, 0.6) is 0 Å². The van der Waals surface area contributed by atoms with Crippen molar-refractivity contribution in [3.05, 3.63) is 29.8 Å². The van der Waals surface area contributed by atoms with E-state index >= 15 is 0 Å². The Balaban J connectivity index is 2.27. The topological polar surface area (TPSA) is 83.6 Å². The van der Waals surface area contributed by atoms with Gasteiger partial charge in [-0.2, -0.15) is 4.31 Å². The molecule has 0 aliphatic carbocycles. The summed E-state index contributed by atoms with van der Waals surface area (Å²) < 4.78 is 26.4. The fourth-order valence-electron chi connectivity index (χ4n) is 2.27. The van der Waals surface area contributed by atoms with E-state index in [1.807, 2.05) is 13.0 Å². The van der Waals surface area contributed by atoms with Crippen molar-refractivity contribution in [3.8, 4) is 0 Å². The average molecular weight is 284 g/mol. The summed E-state index contributed by atoms with van der Waals surface area (Å²) >= 11 is 0. The van der Waals surface area contributed by atoms with Gasteiger partial charge in [0.2, 0.25) is 10.0 Å². The minimum absolute atomic E-state index is 0.0336. The molecule has 6 heteroatoms. The lowest BCUT2D eigenvalue weighted by Crippen LogP contribution is -2.29. The molecular weight excluding hydrogens is 264 g/mol. The van der Waals surface area contributed by atoms with Crippen LogP contribution in [0, 0.1) is 5.92 Å². The maximum atomic E-state index is 12.5. The maximum Gasteiger partial charge on any atom is 0.243 e. The zero-order chi connectivity index (χ0) is 14.0. The molecule has 0 bridgehead atoms. The lowest BCUT2D eigenvalue weighted by atomic mass is 10.1. The Kier molecular flexibility index (Phi) is 4.25. The minimum atomic E-state index is -3.47. The third-order valence-corrected chi connectivity index (χ3v) is 5.39. The summed E-state index contributed by atoms with van der Waals surface area (Å²) in [6.45, 7) is 2.71. The summed E-state index contributed by atoms with van der Waals surface area (Å²) in [7, 11) is -3.47. The average Bonchev–Trinajstić information content (AvgIpc) is 2.88. The van der Waals surface area contributed by atoms with E-state index in [4.69, 9.17) is 10.8 Å². The number of aliphatic hydroxyl groups is 1. The highest BCUT2D eigenvalue weighted by molar-refractivity contribution is 7.89. The van der Waals surface area contributed by atoms with E-state index < -0.39 is 10.0 Å². The van der Waals surface area contributed by atoms with E-state index in [0.717, 1.165) is 5.56 Å². The van der Waals surface area contributed by atoms with Crippen LogP contribution < -0.4 is 5.73 Å². The molecule has 2 rings (SSSR count). The Morgan fingerprint density at radius 3 is 2.84 bits per heavy atom. The first-order valence-electron chi connectivity index (χ1n) is 6.41. The molecule has 2 unspecified atom stereocenters. The molecule has 0 saturated carbocycles. The molecule has 2 atom stereocenters. The van der Waals surface area contributed by atoms with Gasteiger partial charge in [0.15, 0.2) is 0 Å². The van der Waals surface area contributed by atoms with Crippen molar-refractivity contribution < 1.29 is 13.5 Å². The van der Waals surface area contributed by atoms with Crippen LogP contribution in [0.1, 0.15) is 24.9 Å². The van der Waals surface area contributed by atoms with Gasteiger partial charge in [-0.25, -0.2) is 8.42 Å². The number of rotatable bonds is 4. The number of nitrogens with two attached hydrogens (primary N) is 1. The first kappa shape index (κ1) is 14.5. The summed E-state index contributed by atoms with van der Waals surface area (Å²) in [4.78, 5) is 0.279. The Bertz CT molecular complexity index is 543. The second kappa shape index (κ2) is 5.58.